The predicted molar refractivity (Wildman–Crippen MR) is 73.7 cm³/mol. The molecule has 1 saturated carbocycles. The average Bonchev–Trinajstić information content (AvgIpc) is 2.77. The highest BCUT2D eigenvalue weighted by atomic mass is 35.5. The van der Waals surface area contributed by atoms with Crippen molar-refractivity contribution in [2.24, 2.45) is 5.92 Å². The molecule has 2 nitrogen and oxygen atoms in total. The zero-order valence-electron chi connectivity index (χ0n) is 10.2. The molecule has 1 aliphatic rings. The minimum absolute atomic E-state index is 0.301. The molecule has 0 bridgehead atoms. The first-order chi connectivity index (χ1) is 8.20. The smallest absolute Gasteiger partial charge is 0.0931 e. The Kier molecular flexibility index (Phi) is 4.86. The summed E-state index contributed by atoms with van der Waals surface area (Å²) in [5.74, 6) is 0.418. The predicted octanol–water partition coefficient (Wildman–Crippen LogP) is 3.60. The van der Waals surface area contributed by atoms with Crippen LogP contribution in [0.15, 0.2) is 12.1 Å². The maximum Gasteiger partial charge on any atom is 0.0931 e. The Morgan fingerprint density at radius 3 is 2.88 bits per heavy atom. The van der Waals surface area contributed by atoms with E-state index in [0.29, 0.717) is 24.6 Å². The lowest BCUT2D eigenvalue weighted by atomic mass is 9.84. The van der Waals surface area contributed by atoms with Gasteiger partial charge in [-0.2, -0.15) is 0 Å². The number of halogens is 1. The van der Waals surface area contributed by atoms with E-state index in [1.807, 2.05) is 6.07 Å². The van der Waals surface area contributed by atoms with Gasteiger partial charge >= 0.3 is 0 Å². The standard InChI is InChI=1S/C13H20ClNOS/c1-9(12-6-7-13(14)17-12)15-11-5-3-2-4-10(11)8-16/h6-7,9-11,15-16H,2-5,8H2,1H3. The van der Waals surface area contributed by atoms with E-state index in [4.69, 9.17) is 11.6 Å². The zero-order chi connectivity index (χ0) is 12.3. The van der Waals surface area contributed by atoms with Crippen LogP contribution in [-0.2, 0) is 0 Å². The molecule has 0 amide bonds. The van der Waals surface area contributed by atoms with E-state index < -0.39 is 0 Å². The van der Waals surface area contributed by atoms with Gasteiger partial charge in [-0.3, -0.25) is 0 Å². The molecule has 1 aromatic rings. The van der Waals surface area contributed by atoms with Gasteiger partial charge in [0, 0.05) is 23.6 Å². The number of hydrogen-bond acceptors (Lipinski definition) is 3. The molecule has 0 radical (unpaired) electrons. The normalized spacial score (nSPS) is 27.0. The highest BCUT2D eigenvalue weighted by Gasteiger charge is 2.25. The number of thiophene rings is 1. The van der Waals surface area contributed by atoms with Crippen molar-refractivity contribution in [3.8, 4) is 0 Å². The third-order valence-corrected chi connectivity index (χ3v) is 5.04. The van der Waals surface area contributed by atoms with E-state index in [1.165, 1.54) is 24.1 Å². The highest BCUT2D eigenvalue weighted by Crippen LogP contribution is 2.30. The van der Waals surface area contributed by atoms with Crippen LogP contribution in [0.1, 0.15) is 43.5 Å². The first-order valence-electron chi connectivity index (χ1n) is 6.33. The van der Waals surface area contributed by atoms with Crippen LogP contribution in [0.5, 0.6) is 0 Å². The van der Waals surface area contributed by atoms with Crippen LogP contribution < -0.4 is 5.32 Å². The van der Waals surface area contributed by atoms with Crippen molar-refractivity contribution in [1.29, 1.82) is 0 Å². The van der Waals surface area contributed by atoms with Gasteiger partial charge in [0.25, 0.3) is 0 Å². The maximum absolute atomic E-state index is 9.39. The van der Waals surface area contributed by atoms with Gasteiger partial charge in [0.1, 0.15) is 0 Å². The molecule has 96 valence electrons. The van der Waals surface area contributed by atoms with Gasteiger partial charge in [0.05, 0.1) is 4.34 Å². The lowest BCUT2D eigenvalue weighted by Gasteiger charge is -2.33. The first kappa shape index (κ1) is 13.3. The van der Waals surface area contributed by atoms with Gasteiger partial charge in [-0.05, 0) is 37.8 Å². The molecule has 2 rings (SSSR count). The quantitative estimate of drug-likeness (QED) is 0.879. The molecular formula is C13H20ClNOS. The molecule has 3 atom stereocenters. The van der Waals surface area contributed by atoms with Gasteiger partial charge in [-0.25, -0.2) is 0 Å². The van der Waals surface area contributed by atoms with Gasteiger partial charge in [-0.1, -0.05) is 24.4 Å². The van der Waals surface area contributed by atoms with E-state index in [-0.39, 0.29) is 0 Å². The fraction of sp³-hybridized carbons (Fsp3) is 0.692. The Morgan fingerprint density at radius 2 is 2.24 bits per heavy atom. The number of aliphatic hydroxyl groups excluding tert-OH is 1. The fourth-order valence-electron chi connectivity index (χ4n) is 2.61. The van der Waals surface area contributed by atoms with Gasteiger partial charge in [0.2, 0.25) is 0 Å². The summed E-state index contributed by atoms with van der Waals surface area (Å²) < 4.78 is 0.844. The average molecular weight is 274 g/mol. The summed E-state index contributed by atoms with van der Waals surface area (Å²) in [5, 5.41) is 13.0. The van der Waals surface area contributed by atoms with E-state index in [0.717, 1.165) is 10.8 Å². The number of nitrogens with one attached hydrogen (secondary N) is 1. The largest absolute Gasteiger partial charge is 0.396 e. The monoisotopic (exact) mass is 273 g/mol. The third kappa shape index (κ3) is 3.44. The van der Waals surface area contributed by atoms with Crippen molar-refractivity contribution >= 4 is 22.9 Å². The summed E-state index contributed by atoms with van der Waals surface area (Å²) in [6.07, 6.45) is 4.84. The summed E-state index contributed by atoms with van der Waals surface area (Å²) in [6, 6.07) is 4.81. The Labute approximate surface area is 112 Å². The van der Waals surface area contributed by atoms with Crippen LogP contribution in [-0.4, -0.2) is 17.8 Å². The van der Waals surface area contributed by atoms with Crippen molar-refractivity contribution in [3.05, 3.63) is 21.3 Å². The topological polar surface area (TPSA) is 32.3 Å². The number of hydrogen-bond donors (Lipinski definition) is 2. The van der Waals surface area contributed by atoms with Crippen molar-refractivity contribution in [1.82, 2.24) is 5.32 Å². The van der Waals surface area contributed by atoms with Gasteiger partial charge in [-0.15, -0.1) is 11.3 Å². The molecule has 1 aliphatic carbocycles. The van der Waals surface area contributed by atoms with Crippen LogP contribution in [0.25, 0.3) is 0 Å². The van der Waals surface area contributed by atoms with Crippen LogP contribution in [0.3, 0.4) is 0 Å². The molecule has 1 heterocycles. The molecule has 1 fully saturated rings. The molecule has 17 heavy (non-hydrogen) atoms. The molecule has 1 aromatic heterocycles. The van der Waals surface area contributed by atoms with Gasteiger partial charge in [0.15, 0.2) is 0 Å². The van der Waals surface area contributed by atoms with Crippen molar-refractivity contribution in [2.75, 3.05) is 6.61 Å². The van der Waals surface area contributed by atoms with Crippen LogP contribution in [0.2, 0.25) is 4.34 Å². The molecule has 0 saturated heterocycles. The fourth-order valence-corrected chi connectivity index (χ4v) is 3.68. The lowest BCUT2D eigenvalue weighted by Crippen LogP contribution is -2.41. The second-order valence-corrected chi connectivity index (χ2v) is 6.61. The second kappa shape index (κ2) is 6.19. The summed E-state index contributed by atoms with van der Waals surface area (Å²) in [7, 11) is 0. The summed E-state index contributed by atoms with van der Waals surface area (Å²) in [6.45, 7) is 2.47. The third-order valence-electron chi connectivity index (χ3n) is 3.63. The second-order valence-electron chi connectivity index (χ2n) is 4.86. The van der Waals surface area contributed by atoms with Crippen LogP contribution in [0, 0.1) is 5.92 Å². The lowest BCUT2D eigenvalue weighted by molar-refractivity contribution is 0.147. The minimum atomic E-state index is 0.301. The van der Waals surface area contributed by atoms with Crippen LogP contribution >= 0.6 is 22.9 Å². The molecule has 0 aliphatic heterocycles. The summed E-state index contributed by atoms with van der Waals surface area (Å²) in [5.41, 5.74) is 0. The van der Waals surface area contributed by atoms with Crippen LogP contribution in [0.4, 0.5) is 0 Å². The molecule has 2 N–H and O–H groups in total. The van der Waals surface area contributed by atoms with Gasteiger partial charge < -0.3 is 10.4 Å². The highest BCUT2D eigenvalue weighted by molar-refractivity contribution is 7.16. The maximum atomic E-state index is 9.39. The summed E-state index contributed by atoms with van der Waals surface area (Å²) in [4.78, 5) is 1.28. The van der Waals surface area contributed by atoms with Crippen molar-refractivity contribution in [3.63, 3.8) is 0 Å². The molecular weight excluding hydrogens is 254 g/mol. The van der Waals surface area contributed by atoms with E-state index >= 15 is 0 Å². The molecule has 3 unspecified atom stereocenters. The van der Waals surface area contributed by atoms with Crippen molar-refractivity contribution < 1.29 is 5.11 Å². The molecule has 4 heteroatoms. The molecule has 0 aromatic carbocycles. The Hall–Kier alpha value is -0.0900. The van der Waals surface area contributed by atoms with E-state index in [1.54, 1.807) is 11.3 Å². The minimum Gasteiger partial charge on any atom is -0.396 e. The summed E-state index contributed by atoms with van der Waals surface area (Å²) >= 11 is 7.59. The number of aliphatic hydroxyl groups is 1. The Bertz CT molecular complexity index is 355. The van der Waals surface area contributed by atoms with E-state index in [9.17, 15) is 5.11 Å². The Balaban J connectivity index is 1.94. The SMILES string of the molecule is CC(NC1CCCCC1CO)c1ccc(Cl)s1. The zero-order valence-corrected chi connectivity index (χ0v) is 11.7. The molecule has 0 spiro atoms. The number of rotatable bonds is 4. The Morgan fingerprint density at radius 1 is 1.47 bits per heavy atom. The van der Waals surface area contributed by atoms with Crippen molar-refractivity contribution in [2.45, 2.75) is 44.7 Å². The first-order valence-corrected chi connectivity index (χ1v) is 7.52. The van der Waals surface area contributed by atoms with E-state index in [2.05, 4.69) is 18.3 Å².